The lowest BCUT2D eigenvalue weighted by Crippen LogP contribution is -2.43. The molecule has 16 radical (unpaired) electrons. The van der Waals surface area contributed by atoms with Crippen molar-refractivity contribution in [1.29, 1.82) is 0 Å². The Morgan fingerprint density at radius 1 is 0.299 bits per heavy atom. The van der Waals surface area contributed by atoms with Crippen molar-refractivity contribution in [3.8, 4) is 0 Å². The maximum atomic E-state index is 12.8. The third kappa shape index (κ3) is 51.9. The van der Waals surface area contributed by atoms with Gasteiger partial charge in [-0.25, -0.2) is 0 Å². The topological polar surface area (TPSA) is 364 Å². The van der Waals surface area contributed by atoms with Crippen LogP contribution in [0.2, 0.25) is 44.2 Å². The lowest BCUT2D eigenvalue weighted by Gasteiger charge is -2.36. The van der Waals surface area contributed by atoms with Gasteiger partial charge in [0, 0.05) is 50.0 Å². The van der Waals surface area contributed by atoms with Crippen molar-refractivity contribution in [2.24, 2.45) is 48.7 Å². The van der Waals surface area contributed by atoms with Crippen molar-refractivity contribution < 1.29 is 110 Å². The Kier molecular flexibility index (Phi) is 68.0. The van der Waals surface area contributed by atoms with Gasteiger partial charge in [-0.3, -0.25) is 81.5 Å². The molecule has 802 valence electrons. The first-order valence-corrected chi connectivity index (χ1v) is 49.6. The van der Waals surface area contributed by atoms with Crippen LogP contribution in [0.25, 0.3) is 0 Å². The molecule has 1 amide bonds. The highest BCUT2D eigenvalue weighted by atomic mass is 16.6. The van der Waals surface area contributed by atoms with Gasteiger partial charge in [0.05, 0.1) is 84.4 Å². The Labute approximate surface area is 894 Å². The monoisotopic (exact) mass is 2030 g/mol. The van der Waals surface area contributed by atoms with Crippen LogP contribution < -0.4 is 0 Å². The average Bonchev–Trinajstić information content (AvgIpc) is 0.822. The molecule has 3 aromatic rings. The molecule has 0 spiro atoms. The molecular formula is C115H175B8NO23. The molecule has 0 heterocycles. The van der Waals surface area contributed by atoms with E-state index in [1.165, 1.54) is 102 Å². The van der Waals surface area contributed by atoms with E-state index in [1.807, 2.05) is 154 Å². The van der Waals surface area contributed by atoms with Crippen LogP contribution in [-0.4, -0.2) is 209 Å². The molecule has 0 aliphatic carbocycles. The molecule has 0 fully saturated rings. The van der Waals surface area contributed by atoms with Crippen molar-refractivity contribution in [2.75, 3.05) is 13.5 Å². The average molecular weight is 2030 g/mol. The van der Waals surface area contributed by atoms with E-state index in [1.54, 1.807) is 90.1 Å². The van der Waals surface area contributed by atoms with Crippen LogP contribution in [0.3, 0.4) is 0 Å². The molecule has 0 saturated heterocycles. The molecule has 0 saturated carbocycles. The van der Waals surface area contributed by atoms with Crippen molar-refractivity contribution in [3.05, 3.63) is 143 Å². The van der Waals surface area contributed by atoms with E-state index in [2.05, 4.69) is 40.9 Å². The first-order chi connectivity index (χ1) is 66.3. The van der Waals surface area contributed by atoms with Gasteiger partial charge in [-0.15, -0.1) is 0 Å². The predicted octanol–water partition coefficient (Wildman–Crippen LogP) is 20.3. The number of ether oxygens (including phenoxy) is 4. The van der Waals surface area contributed by atoms with Gasteiger partial charge in [0.25, 0.3) is 0 Å². The van der Waals surface area contributed by atoms with Gasteiger partial charge in [0.1, 0.15) is 96.5 Å². The molecule has 3 aromatic carbocycles. The van der Waals surface area contributed by atoms with Crippen LogP contribution in [0.5, 0.6) is 0 Å². The number of nitrogens with zero attached hydrogens (tertiary/aromatic N) is 1. The minimum atomic E-state index is -1.29. The number of carbonyl (C=O) groups is 19. The molecule has 147 heavy (non-hydrogen) atoms. The number of hydrogen-bond donors (Lipinski definition) is 0. The molecule has 0 atom stereocenters. The fraction of sp³-hybridized carbons (Fsp3) is 0.626. The molecule has 0 N–H and O–H groups in total. The maximum Gasteiger partial charge on any atom is 0.320 e. The molecule has 0 unspecified atom stereocenters. The molecule has 0 bridgehead atoms. The van der Waals surface area contributed by atoms with Gasteiger partial charge in [-0.1, -0.05) is 208 Å². The number of hydrogen-bond acceptors (Lipinski definition) is 23. The zero-order chi connectivity index (χ0) is 118. The third-order valence-electron chi connectivity index (χ3n) is 26.1. The standard InChI is InChI=1S/C22H31BO3.C20H33BO3.C17H22O4.C13H22BNO3.C13H16O2.C12H19BO4.C8H13BO2.C6H9BO2.2C2H5B/c1-15(2)20(3,4)16-11-9-10-12-17(16)22(7,8)26-19(25)21(5,6)18(24)13-14-23;1-13(2)18(5,6)14(3)15(4)20(9,10)24-17(23)19(7,8)16(22)11-12-21;1-12(18)17(4,5)21-15(20)16(2,3)14(19)11-13-9-7-6-8-10-13;1-9(16)13(4,5)10(17)7-12(2,3)11(18)15(6)8-14;1-10(14)13(2,3)12(15)9-11-7-5-4-6-8-11;1-8(14)12(4,5)17-10(16)11(2,3)9(15)6-7-13;1-6(10)8(2,3)7(11)4-5-9;1-5(8)2-3-6(9)4-7;2*1-2-3/h9-12H,1,13-14H2,2-8H3;1,11-12H2,2-10H3;6-10H,11H2,1-5H3;7-8H2,1-6H3;4-8H,9H2,1-3H3;6-7H2,1-5H3;4-5H2,1-3H3;2-4H2,1H3;2*2H2,1H3/b;15-14-;;;;;;;;. The van der Waals surface area contributed by atoms with E-state index in [0.717, 1.165) is 57.2 Å². The minimum absolute atomic E-state index is 0.0267. The van der Waals surface area contributed by atoms with Crippen molar-refractivity contribution >= 4 is 174 Å². The Bertz CT molecular complexity index is 4940. The smallest absolute Gasteiger partial charge is 0.320 e. The largest absolute Gasteiger partial charge is 0.454 e. The number of benzene rings is 3. The van der Waals surface area contributed by atoms with Crippen LogP contribution in [-0.2, 0) is 134 Å². The molecule has 0 aromatic heterocycles. The maximum absolute atomic E-state index is 12.8. The Hall–Kier alpha value is -9.87. The third-order valence-corrected chi connectivity index (χ3v) is 26.1. The van der Waals surface area contributed by atoms with Crippen LogP contribution in [0.1, 0.15) is 344 Å². The summed E-state index contributed by atoms with van der Waals surface area (Å²) in [4.78, 5) is 223. The lowest BCUT2D eigenvalue weighted by molar-refractivity contribution is -0.174. The van der Waals surface area contributed by atoms with Gasteiger partial charge in [0.15, 0.2) is 28.6 Å². The van der Waals surface area contributed by atoms with E-state index >= 15 is 0 Å². The summed E-state index contributed by atoms with van der Waals surface area (Å²) >= 11 is 0. The molecular weight excluding hydrogens is 1850 g/mol. The van der Waals surface area contributed by atoms with Gasteiger partial charge in [-0.2, -0.15) is 0 Å². The fourth-order valence-electron chi connectivity index (χ4n) is 11.3. The van der Waals surface area contributed by atoms with Crippen molar-refractivity contribution in [1.82, 2.24) is 4.90 Å². The lowest BCUT2D eigenvalue weighted by atomic mass is 9.74. The van der Waals surface area contributed by atoms with E-state index in [-0.39, 0.29) is 168 Å². The summed E-state index contributed by atoms with van der Waals surface area (Å²) < 4.78 is 21.9. The van der Waals surface area contributed by atoms with Crippen LogP contribution in [0, 0.1) is 48.7 Å². The van der Waals surface area contributed by atoms with Crippen LogP contribution in [0.15, 0.2) is 120 Å². The van der Waals surface area contributed by atoms with E-state index < -0.39 is 89.6 Å². The fourth-order valence-corrected chi connectivity index (χ4v) is 11.3. The van der Waals surface area contributed by atoms with E-state index in [0.29, 0.717) is 25.6 Å². The molecule has 0 aliphatic rings. The molecule has 32 heteroatoms. The normalized spacial score (nSPS) is 11.8. The summed E-state index contributed by atoms with van der Waals surface area (Å²) in [6, 6.07) is 26.6. The number of carbonyl (C=O) groups excluding carboxylic acids is 19. The molecule has 24 nitrogen and oxygen atoms in total. The Morgan fingerprint density at radius 2 is 0.565 bits per heavy atom. The summed E-state index contributed by atoms with van der Waals surface area (Å²) in [5.74, 6) is -4.82. The Morgan fingerprint density at radius 3 is 0.837 bits per heavy atom. The molecule has 0 aliphatic heterocycles. The zero-order valence-electron chi connectivity index (χ0n) is 97.5. The number of amides is 1. The second kappa shape index (κ2) is 66.6. The minimum Gasteiger partial charge on any atom is -0.454 e. The first-order valence-electron chi connectivity index (χ1n) is 49.6. The summed E-state index contributed by atoms with van der Waals surface area (Å²) in [6.45, 7) is 75.7. The SMILES string of the molecule is CC(=O)C(C)(C)C(=O)Cc1ccccc1.CC(=O)C(C)(C)OC(=O)C(C)(C)C(=O)Cc1ccccc1.[B]CC.[B]CC.[B]CC(=O)CCC(C)=O.[B]CCC(=O)C(C)(C)C(=O)OC(C)(C)/C(C)=C(/C)C(C)(C)C(=C)C.[B]CCC(=O)C(C)(C)C(=O)OC(C)(C)C(C)=O.[B]CCC(=O)C(C)(C)C(=O)OC(C)(C)c1ccccc1C(C)(C)C(=C)C.[B]CCC(=O)C(C)(C)C(C)=O.[B]CN(C)C(=O)C(C)(C)CC(=O)C(C)(C)C(C)=O. The van der Waals surface area contributed by atoms with Gasteiger partial charge >= 0.3 is 23.9 Å². The second-order valence-corrected chi connectivity index (χ2v) is 43.8. The quantitative estimate of drug-likeness (QED) is 0.0167. The number of Topliss-reactive ketones (excluding diaryl/α,β-unsaturated/α-hetero) is 14. The zero-order valence-corrected chi connectivity index (χ0v) is 97.5. The second-order valence-electron chi connectivity index (χ2n) is 43.8. The van der Waals surface area contributed by atoms with Gasteiger partial charge in [-0.05, 0) is 288 Å². The summed E-state index contributed by atoms with van der Waals surface area (Å²) in [5, 5.41) is 0. The number of rotatable bonds is 46. The number of allylic oxidation sites excluding steroid dienone is 3. The number of esters is 4. The van der Waals surface area contributed by atoms with Crippen molar-refractivity contribution in [2.45, 2.75) is 407 Å². The summed E-state index contributed by atoms with van der Waals surface area (Å²) in [7, 11) is 43.0. The summed E-state index contributed by atoms with van der Waals surface area (Å²) in [5.41, 5.74) is -5.30. The van der Waals surface area contributed by atoms with Crippen LogP contribution >= 0.6 is 0 Å². The van der Waals surface area contributed by atoms with E-state index in [9.17, 15) is 91.1 Å². The summed E-state index contributed by atoms with van der Waals surface area (Å²) in [6.07, 6.45) is 4.46. The highest BCUT2D eigenvalue weighted by Gasteiger charge is 2.47. The Balaban J connectivity index is -0.000000307. The molecule has 3 rings (SSSR count). The van der Waals surface area contributed by atoms with Crippen LogP contribution in [0.4, 0.5) is 0 Å². The van der Waals surface area contributed by atoms with E-state index in [4.69, 9.17) is 81.7 Å². The predicted molar refractivity (Wildman–Crippen MR) is 597 cm³/mol. The first kappa shape index (κ1) is 150. The highest BCUT2D eigenvalue weighted by Crippen LogP contribution is 2.43. The number of ketones is 14. The highest BCUT2D eigenvalue weighted by molar-refractivity contribution is 6.20. The van der Waals surface area contributed by atoms with Crippen molar-refractivity contribution in [3.63, 3.8) is 0 Å². The van der Waals surface area contributed by atoms with Gasteiger partial charge in [0.2, 0.25) is 5.91 Å². The van der Waals surface area contributed by atoms with Gasteiger partial charge < -0.3 is 33.4 Å².